The molecule has 2 saturated heterocycles. The number of pyridine rings is 1. The van der Waals surface area contributed by atoms with Crippen LogP contribution in [0, 0.1) is 5.92 Å². The first-order valence-corrected chi connectivity index (χ1v) is 5.96. The summed E-state index contributed by atoms with van der Waals surface area (Å²) < 4.78 is 2.29. The van der Waals surface area contributed by atoms with Crippen LogP contribution in [0.2, 0.25) is 0 Å². The maximum absolute atomic E-state index is 2.64. The molecule has 1 aromatic rings. The minimum atomic E-state index is 0.734. The topological polar surface area (TPSA) is 7.12 Å². The summed E-state index contributed by atoms with van der Waals surface area (Å²) in [5, 5.41) is 0. The van der Waals surface area contributed by atoms with Crippen LogP contribution in [0.4, 0.5) is 0 Å². The molecule has 0 radical (unpaired) electrons. The highest BCUT2D eigenvalue weighted by Gasteiger charge is 2.47. The quantitative estimate of drug-likeness (QED) is 0.624. The number of aromatic nitrogens is 1. The van der Waals surface area contributed by atoms with Gasteiger partial charge in [-0.1, -0.05) is 6.07 Å². The van der Waals surface area contributed by atoms with Crippen molar-refractivity contribution in [2.75, 3.05) is 13.1 Å². The van der Waals surface area contributed by atoms with Gasteiger partial charge in [-0.05, 0) is 25.8 Å². The van der Waals surface area contributed by atoms with Gasteiger partial charge in [0.15, 0.2) is 11.9 Å². The fourth-order valence-corrected chi connectivity index (χ4v) is 3.47. The first-order valence-electron chi connectivity index (χ1n) is 5.96. The molecule has 2 aliphatic heterocycles. The summed E-state index contributed by atoms with van der Waals surface area (Å²) in [6, 6.07) is 7.31. The van der Waals surface area contributed by atoms with Gasteiger partial charge in [-0.15, -0.1) is 0 Å². The summed E-state index contributed by atoms with van der Waals surface area (Å²) >= 11 is 0. The third kappa shape index (κ3) is 1.31. The summed E-state index contributed by atoms with van der Waals surface area (Å²) in [6.07, 6.45) is 3.56. The van der Waals surface area contributed by atoms with Crippen LogP contribution in [0.3, 0.4) is 0 Å². The molecule has 0 N–H and O–H groups in total. The lowest BCUT2D eigenvalue weighted by Crippen LogP contribution is -2.41. The molecular formula is C13H19N2+. The summed E-state index contributed by atoms with van der Waals surface area (Å²) in [4.78, 5) is 2.64. The Morgan fingerprint density at radius 3 is 2.93 bits per heavy atom. The lowest BCUT2D eigenvalue weighted by Gasteiger charge is -2.27. The van der Waals surface area contributed by atoms with E-state index in [1.165, 1.54) is 25.2 Å². The van der Waals surface area contributed by atoms with E-state index in [1.54, 1.807) is 0 Å². The van der Waals surface area contributed by atoms with Gasteiger partial charge in [0.25, 0.3) is 0 Å². The van der Waals surface area contributed by atoms with Gasteiger partial charge in [-0.25, -0.2) is 4.57 Å². The Morgan fingerprint density at radius 1 is 1.40 bits per heavy atom. The van der Waals surface area contributed by atoms with Crippen LogP contribution in [0.1, 0.15) is 25.0 Å². The van der Waals surface area contributed by atoms with E-state index in [1.807, 2.05) is 0 Å². The normalized spacial score (nSPS) is 38.5. The SMILES string of the molecule is CC1C(c2cccc[n+]2C)C2CCN1C2. The molecule has 2 bridgehead atoms. The third-order valence-corrected chi connectivity index (χ3v) is 4.30. The lowest BCUT2D eigenvalue weighted by molar-refractivity contribution is -0.681. The molecule has 3 heterocycles. The molecule has 80 valence electrons. The van der Waals surface area contributed by atoms with Gasteiger partial charge in [0.05, 0.1) is 5.92 Å². The van der Waals surface area contributed by atoms with Gasteiger partial charge in [0.2, 0.25) is 0 Å². The van der Waals surface area contributed by atoms with E-state index in [0.29, 0.717) is 0 Å². The summed E-state index contributed by atoms with van der Waals surface area (Å²) in [6.45, 7) is 5.02. The van der Waals surface area contributed by atoms with Gasteiger partial charge in [-0.2, -0.15) is 0 Å². The standard InChI is InChI=1S/C13H19N2/c1-10-13(11-6-8-15(10)9-11)12-5-3-4-7-14(12)2/h3-5,7,10-11,13H,6,8-9H2,1-2H3/q+1. The largest absolute Gasteiger partial charge is 0.299 e. The zero-order chi connectivity index (χ0) is 10.4. The minimum absolute atomic E-state index is 0.734. The lowest BCUT2D eigenvalue weighted by atomic mass is 9.84. The van der Waals surface area contributed by atoms with Crippen molar-refractivity contribution in [3.05, 3.63) is 30.1 Å². The van der Waals surface area contributed by atoms with Crippen molar-refractivity contribution in [1.29, 1.82) is 0 Å². The molecule has 2 heteroatoms. The maximum Gasteiger partial charge on any atom is 0.186 e. The van der Waals surface area contributed by atoms with E-state index in [0.717, 1.165) is 17.9 Å². The van der Waals surface area contributed by atoms with Crippen molar-refractivity contribution in [2.45, 2.75) is 25.3 Å². The fraction of sp³-hybridized carbons (Fsp3) is 0.615. The number of fused-ring (bicyclic) bond motifs is 2. The van der Waals surface area contributed by atoms with Crippen molar-refractivity contribution in [1.82, 2.24) is 4.90 Å². The number of hydrogen-bond acceptors (Lipinski definition) is 1. The maximum atomic E-state index is 2.64. The highest BCUT2D eigenvalue weighted by Crippen LogP contribution is 2.43. The van der Waals surface area contributed by atoms with Crippen LogP contribution in [0.25, 0.3) is 0 Å². The van der Waals surface area contributed by atoms with Crippen molar-refractivity contribution in [3.8, 4) is 0 Å². The predicted molar refractivity (Wildman–Crippen MR) is 59.5 cm³/mol. The zero-order valence-corrected chi connectivity index (χ0v) is 9.56. The van der Waals surface area contributed by atoms with Crippen LogP contribution in [-0.2, 0) is 7.05 Å². The van der Waals surface area contributed by atoms with Crippen LogP contribution in [0.5, 0.6) is 0 Å². The van der Waals surface area contributed by atoms with E-state index >= 15 is 0 Å². The van der Waals surface area contributed by atoms with Crippen molar-refractivity contribution < 1.29 is 4.57 Å². The van der Waals surface area contributed by atoms with Crippen LogP contribution < -0.4 is 4.57 Å². The van der Waals surface area contributed by atoms with E-state index in [4.69, 9.17) is 0 Å². The van der Waals surface area contributed by atoms with E-state index in [9.17, 15) is 0 Å². The summed E-state index contributed by atoms with van der Waals surface area (Å²) in [7, 11) is 2.17. The number of rotatable bonds is 1. The Kier molecular flexibility index (Phi) is 2.06. The number of piperidine rings is 1. The van der Waals surface area contributed by atoms with Crippen LogP contribution >= 0.6 is 0 Å². The molecule has 1 aromatic heterocycles. The van der Waals surface area contributed by atoms with Gasteiger partial charge < -0.3 is 0 Å². The molecule has 0 aromatic carbocycles. The zero-order valence-electron chi connectivity index (χ0n) is 9.56. The van der Waals surface area contributed by atoms with Gasteiger partial charge in [0.1, 0.15) is 7.05 Å². The van der Waals surface area contributed by atoms with Gasteiger partial charge in [0, 0.05) is 24.7 Å². The summed E-state index contributed by atoms with van der Waals surface area (Å²) in [5.74, 6) is 1.65. The second-order valence-corrected chi connectivity index (χ2v) is 5.05. The predicted octanol–water partition coefficient (Wildman–Crippen LogP) is 1.32. The molecular weight excluding hydrogens is 184 g/mol. The molecule has 2 fully saturated rings. The van der Waals surface area contributed by atoms with E-state index < -0.39 is 0 Å². The average molecular weight is 203 g/mol. The molecule has 4 atom stereocenters. The van der Waals surface area contributed by atoms with Crippen LogP contribution in [0.15, 0.2) is 24.4 Å². The second-order valence-electron chi connectivity index (χ2n) is 5.05. The Labute approximate surface area is 91.5 Å². The molecule has 2 nitrogen and oxygen atoms in total. The van der Waals surface area contributed by atoms with E-state index in [2.05, 4.69) is 47.8 Å². The molecule has 0 saturated carbocycles. The Balaban J connectivity index is 1.98. The van der Waals surface area contributed by atoms with Gasteiger partial charge in [-0.3, -0.25) is 4.90 Å². The Hall–Kier alpha value is -0.890. The molecule has 3 rings (SSSR count). The smallest absolute Gasteiger partial charge is 0.186 e. The molecule has 0 amide bonds. The first-order chi connectivity index (χ1) is 7.27. The van der Waals surface area contributed by atoms with Crippen LogP contribution in [-0.4, -0.2) is 24.0 Å². The molecule has 2 aliphatic rings. The minimum Gasteiger partial charge on any atom is -0.299 e. The fourth-order valence-electron chi connectivity index (χ4n) is 3.47. The molecule has 0 aliphatic carbocycles. The summed E-state index contributed by atoms with van der Waals surface area (Å²) in [5.41, 5.74) is 1.51. The first kappa shape index (κ1) is 9.34. The van der Waals surface area contributed by atoms with Crippen molar-refractivity contribution in [2.24, 2.45) is 13.0 Å². The molecule has 0 spiro atoms. The monoisotopic (exact) mass is 203 g/mol. The second kappa shape index (κ2) is 3.31. The van der Waals surface area contributed by atoms with E-state index in [-0.39, 0.29) is 0 Å². The number of nitrogens with zero attached hydrogens (tertiary/aromatic N) is 2. The van der Waals surface area contributed by atoms with Crippen molar-refractivity contribution >= 4 is 0 Å². The Morgan fingerprint density at radius 2 is 2.27 bits per heavy atom. The average Bonchev–Trinajstić information content (AvgIpc) is 2.80. The Bertz CT molecular complexity index is 373. The highest BCUT2D eigenvalue weighted by molar-refractivity contribution is 5.14. The third-order valence-electron chi connectivity index (χ3n) is 4.30. The number of aryl methyl sites for hydroxylation is 1. The highest BCUT2D eigenvalue weighted by atomic mass is 15.2. The molecule has 4 unspecified atom stereocenters. The number of hydrogen-bond donors (Lipinski definition) is 0. The van der Waals surface area contributed by atoms with Gasteiger partial charge >= 0.3 is 0 Å². The van der Waals surface area contributed by atoms with Crippen molar-refractivity contribution in [3.63, 3.8) is 0 Å². The molecule has 15 heavy (non-hydrogen) atoms.